The molecular weight excluding hydrogens is 293 g/mol. The van der Waals surface area contributed by atoms with E-state index in [-0.39, 0.29) is 10.6 Å². The molecule has 2 atom stereocenters. The minimum atomic E-state index is -4.01. The van der Waals surface area contributed by atoms with Crippen LogP contribution in [-0.2, 0) is 14.8 Å². The van der Waals surface area contributed by atoms with Crippen LogP contribution in [0.1, 0.15) is 6.92 Å². The van der Waals surface area contributed by atoms with Crippen molar-refractivity contribution in [1.82, 2.24) is 4.31 Å². The zero-order chi connectivity index (χ0) is 14.2. The molecule has 104 valence electrons. The maximum absolute atomic E-state index is 13.1. The SMILES string of the molecule is CC1SCC(C(=O)O)N1S(=O)(=O)c1cccc(F)c1. The third-order valence-electron chi connectivity index (χ3n) is 2.82. The maximum Gasteiger partial charge on any atom is 0.322 e. The summed E-state index contributed by atoms with van der Waals surface area (Å²) in [7, 11) is -4.01. The molecule has 1 aromatic carbocycles. The molecule has 0 bridgehead atoms. The van der Waals surface area contributed by atoms with Gasteiger partial charge >= 0.3 is 5.97 Å². The summed E-state index contributed by atoms with van der Waals surface area (Å²) in [6, 6.07) is 3.45. The number of rotatable bonds is 3. The molecule has 1 fully saturated rings. The van der Waals surface area contributed by atoms with E-state index >= 15 is 0 Å². The molecule has 1 aromatic rings. The Bertz CT molecular complexity index is 604. The maximum atomic E-state index is 13.1. The zero-order valence-corrected chi connectivity index (χ0v) is 11.6. The topological polar surface area (TPSA) is 74.7 Å². The summed E-state index contributed by atoms with van der Waals surface area (Å²) in [6.45, 7) is 1.62. The molecule has 0 aliphatic carbocycles. The number of carbonyl (C=O) groups is 1. The first kappa shape index (κ1) is 14.3. The van der Waals surface area contributed by atoms with Crippen LogP contribution in [0, 0.1) is 5.82 Å². The molecule has 1 heterocycles. The molecule has 2 unspecified atom stereocenters. The van der Waals surface area contributed by atoms with Gasteiger partial charge in [0.2, 0.25) is 10.0 Å². The number of sulfonamides is 1. The van der Waals surface area contributed by atoms with Crippen LogP contribution < -0.4 is 0 Å². The summed E-state index contributed by atoms with van der Waals surface area (Å²) in [5, 5.41) is 8.58. The monoisotopic (exact) mass is 305 g/mol. The predicted molar refractivity (Wildman–Crippen MR) is 68.8 cm³/mol. The van der Waals surface area contributed by atoms with Gasteiger partial charge in [-0.15, -0.1) is 11.8 Å². The molecule has 5 nitrogen and oxygen atoms in total. The van der Waals surface area contributed by atoms with Gasteiger partial charge in [0.25, 0.3) is 0 Å². The number of hydrogen-bond acceptors (Lipinski definition) is 4. The van der Waals surface area contributed by atoms with Crippen LogP contribution in [0.3, 0.4) is 0 Å². The van der Waals surface area contributed by atoms with Gasteiger partial charge in [0.1, 0.15) is 11.9 Å². The Morgan fingerprint density at radius 1 is 1.53 bits per heavy atom. The zero-order valence-electron chi connectivity index (χ0n) is 9.98. The van der Waals surface area contributed by atoms with E-state index in [4.69, 9.17) is 5.11 Å². The van der Waals surface area contributed by atoms with E-state index in [2.05, 4.69) is 0 Å². The van der Waals surface area contributed by atoms with E-state index in [1.165, 1.54) is 23.9 Å². The van der Waals surface area contributed by atoms with Gasteiger partial charge in [0.05, 0.1) is 10.3 Å². The molecule has 1 saturated heterocycles. The van der Waals surface area contributed by atoms with Gasteiger partial charge in [0, 0.05) is 5.75 Å². The van der Waals surface area contributed by atoms with E-state index in [0.717, 1.165) is 16.4 Å². The molecular formula is C11H12FNO4S2. The van der Waals surface area contributed by atoms with Crippen LogP contribution in [-0.4, -0.2) is 41.0 Å². The Labute approximate surface area is 114 Å². The van der Waals surface area contributed by atoms with Crippen molar-refractivity contribution in [2.75, 3.05) is 5.75 Å². The van der Waals surface area contributed by atoms with Gasteiger partial charge < -0.3 is 5.11 Å². The number of nitrogens with zero attached hydrogens (tertiary/aromatic N) is 1. The van der Waals surface area contributed by atoms with Crippen LogP contribution in [0.25, 0.3) is 0 Å². The highest BCUT2D eigenvalue weighted by atomic mass is 32.2. The van der Waals surface area contributed by atoms with Crippen LogP contribution in [0.5, 0.6) is 0 Å². The number of halogens is 1. The van der Waals surface area contributed by atoms with E-state index in [0.29, 0.717) is 0 Å². The third-order valence-corrected chi connectivity index (χ3v) is 6.14. The summed E-state index contributed by atoms with van der Waals surface area (Å²) in [6.07, 6.45) is 0. The highest BCUT2D eigenvalue weighted by molar-refractivity contribution is 8.01. The Morgan fingerprint density at radius 2 is 2.21 bits per heavy atom. The lowest BCUT2D eigenvalue weighted by Gasteiger charge is -2.24. The van der Waals surface area contributed by atoms with Crippen molar-refractivity contribution in [1.29, 1.82) is 0 Å². The third kappa shape index (κ3) is 2.60. The van der Waals surface area contributed by atoms with Crippen molar-refractivity contribution in [3.8, 4) is 0 Å². The Hall–Kier alpha value is -1.12. The van der Waals surface area contributed by atoms with Crippen molar-refractivity contribution in [2.24, 2.45) is 0 Å². The second-order valence-corrected chi connectivity index (χ2v) is 7.27. The Kier molecular flexibility index (Phi) is 3.84. The van der Waals surface area contributed by atoms with E-state index in [1.807, 2.05) is 0 Å². The molecule has 0 amide bonds. The van der Waals surface area contributed by atoms with Crippen LogP contribution in [0.4, 0.5) is 4.39 Å². The van der Waals surface area contributed by atoms with Gasteiger partial charge in [0.15, 0.2) is 0 Å². The number of hydrogen-bond donors (Lipinski definition) is 1. The molecule has 19 heavy (non-hydrogen) atoms. The average molecular weight is 305 g/mol. The molecule has 1 N–H and O–H groups in total. The number of thioether (sulfide) groups is 1. The lowest BCUT2D eigenvalue weighted by atomic mass is 10.3. The lowest BCUT2D eigenvalue weighted by molar-refractivity contribution is -0.140. The standard InChI is InChI=1S/C11H12FNO4S2/c1-7-13(10(6-18-7)11(14)15)19(16,17)9-4-2-3-8(12)5-9/h2-5,7,10H,6H2,1H3,(H,14,15). The number of carboxylic acids is 1. The summed E-state index contributed by atoms with van der Waals surface area (Å²) in [5.74, 6) is -1.69. The van der Waals surface area contributed by atoms with Gasteiger partial charge in [-0.1, -0.05) is 6.07 Å². The van der Waals surface area contributed by atoms with Crippen molar-refractivity contribution in [3.63, 3.8) is 0 Å². The predicted octanol–water partition coefficient (Wildman–Crippen LogP) is 1.36. The summed E-state index contributed by atoms with van der Waals surface area (Å²) >= 11 is 1.24. The molecule has 0 saturated carbocycles. The summed E-state index contributed by atoms with van der Waals surface area (Å²) in [4.78, 5) is 10.9. The van der Waals surface area contributed by atoms with E-state index in [9.17, 15) is 17.6 Å². The number of benzene rings is 1. The van der Waals surface area contributed by atoms with Crippen LogP contribution in [0.15, 0.2) is 29.2 Å². The first-order chi connectivity index (χ1) is 8.84. The first-order valence-electron chi connectivity index (χ1n) is 5.47. The first-order valence-corrected chi connectivity index (χ1v) is 7.96. The average Bonchev–Trinajstić information content (AvgIpc) is 2.72. The molecule has 0 aromatic heterocycles. The van der Waals surface area contributed by atoms with E-state index in [1.54, 1.807) is 6.92 Å². The normalized spacial score (nSPS) is 24.5. The molecule has 1 aliphatic heterocycles. The van der Waals surface area contributed by atoms with E-state index < -0.39 is 33.2 Å². The largest absolute Gasteiger partial charge is 0.480 e. The van der Waals surface area contributed by atoms with Gasteiger partial charge in [-0.3, -0.25) is 4.79 Å². The molecule has 0 spiro atoms. The lowest BCUT2D eigenvalue weighted by Crippen LogP contribution is -2.44. The molecule has 2 rings (SSSR count). The van der Waals surface area contributed by atoms with Gasteiger partial charge in [-0.05, 0) is 25.1 Å². The van der Waals surface area contributed by atoms with Crippen molar-refractivity contribution in [2.45, 2.75) is 23.2 Å². The fraction of sp³-hybridized carbons (Fsp3) is 0.364. The van der Waals surface area contributed by atoms with Gasteiger partial charge in [-0.2, -0.15) is 4.31 Å². The smallest absolute Gasteiger partial charge is 0.322 e. The fourth-order valence-electron chi connectivity index (χ4n) is 1.92. The second kappa shape index (κ2) is 5.10. The summed E-state index contributed by atoms with van der Waals surface area (Å²) < 4.78 is 38.8. The van der Waals surface area contributed by atoms with Crippen LogP contribution in [0.2, 0.25) is 0 Å². The van der Waals surface area contributed by atoms with Crippen LogP contribution >= 0.6 is 11.8 Å². The van der Waals surface area contributed by atoms with Gasteiger partial charge in [-0.25, -0.2) is 12.8 Å². The quantitative estimate of drug-likeness (QED) is 0.912. The summed E-state index contributed by atoms with van der Waals surface area (Å²) in [5.41, 5.74) is 0. The number of aliphatic carboxylic acids is 1. The Morgan fingerprint density at radius 3 is 2.79 bits per heavy atom. The number of carboxylic acid groups (broad SMARTS) is 1. The minimum Gasteiger partial charge on any atom is -0.480 e. The molecule has 8 heteroatoms. The highest BCUT2D eigenvalue weighted by Gasteiger charge is 2.44. The molecule has 1 aliphatic rings. The molecule has 0 radical (unpaired) electrons. The highest BCUT2D eigenvalue weighted by Crippen LogP contribution is 2.34. The Balaban J connectivity index is 2.46. The second-order valence-electron chi connectivity index (χ2n) is 4.08. The fourth-order valence-corrected chi connectivity index (χ4v) is 5.24. The van der Waals surface area contributed by atoms with Crippen molar-refractivity contribution < 1.29 is 22.7 Å². The minimum absolute atomic E-state index is 0.186. The van der Waals surface area contributed by atoms with Crippen molar-refractivity contribution in [3.05, 3.63) is 30.1 Å². The van der Waals surface area contributed by atoms with Crippen molar-refractivity contribution >= 4 is 27.8 Å².